The number of pyridine rings is 1. The molecular weight excluding hydrogens is 332 g/mol. The second kappa shape index (κ2) is 8.44. The summed E-state index contributed by atoms with van der Waals surface area (Å²) in [5.41, 5.74) is 2.43. The highest BCUT2D eigenvalue weighted by molar-refractivity contribution is 5.96. The summed E-state index contributed by atoms with van der Waals surface area (Å²) in [6.07, 6.45) is 1.60. The highest BCUT2D eigenvalue weighted by atomic mass is 16.5. The summed E-state index contributed by atoms with van der Waals surface area (Å²) in [5, 5.41) is 2.92. The maximum Gasteiger partial charge on any atom is 0.256 e. The van der Waals surface area contributed by atoms with Crippen LogP contribution in [0.2, 0.25) is 0 Å². The van der Waals surface area contributed by atoms with E-state index in [1.165, 1.54) is 0 Å². The van der Waals surface area contributed by atoms with Crippen LogP contribution < -0.4 is 10.1 Å². The Labute approximate surface area is 152 Å². The van der Waals surface area contributed by atoms with Crippen molar-refractivity contribution in [3.63, 3.8) is 0 Å². The zero-order chi connectivity index (χ0) is 18.4. The molecule has 0 unspecified atom stereocenters. The van der Waals surface area contributed by atoms with Crippen LogP contribution in [0.4, 0.5) is 0 Å². The van der Waals surface area contributed by atoms with Gasteiger partial charge in [-0.2, -0.15) is 0 Å². The van der Waals surface area contributed by atoms with Crippen LogP contribution in [-0.4, -0.2) is 47.3 Å². The third kappa shape index (κ3) is 4.00. The Hall–Kier alpha value is -2.93. The molecule has 1 amide bonds. The topological polar surface area (TPSA) is 78.3 Å². The number of fused-ring (bicyclic) bond motifs is 1. The number of hydrogen-bond donors (Lipinski definition) is 1. The minimum Gasteiger partial charge on any atom is -0.475 e. The Balaban J connectivity index is 1.63. The predicted octanol–water partition coefficient (Wildman–Crippen LogP) is 2.19. The van der Waals surface area contributed by atoms with Gasteiger partial charge < -0.3 is 19.4 Å². The number of nitrogens with zero attached hydrogens (tertiary/aromatic N) is 3. The minimum absolute atomic E-state index is 0.215. The number of rotatable bonds is 8. The monoisotopic (exact) mass is 354 g/mol. The summed E-state index contributed by atoms with van der Waals surface area (Å²) < 4.78 is 12.6. The first kappa shape index (κ1) is 17.9. The molecule has 136 valence electrons. The smallest absolute Gasteiger partial charge is 0.256 e. The molecule has 0 spiro atoms. The van der Waals surface area contributed by atoms with Gasteiger partial charge in [-0.1, -0.05) is 12.1 Å². The maximum absolute atomic E-state index is 12.5. The Morgan fingerprint density at radius 1 is 1.19 bits per heavy atom. The van der Waals surface area contributed by atoms with E-state index in [2.05, 4.69) is 19.9 Å². The van der Waals surface area contributed by atoms with Crippen molar-refractivity contribution < 1.29 is 14.3 Å². The summed E-state index contributed by atoms with van der Waals surface area (Å²) >= 11 is 0. The van der Waals surface area contributed by atoms with E-state index < -0.39 is 0 Å². The molecule has 1 N–H and O–H groups in total. The fourth-order valence-corrected chi connectivity index (χ4v) is 2.75. The first-order chi connectivity index (χ1) is 12.7. The lowest BCUT2D eigenvalue weighted by Crippen LogP contribution is -2.28. The molecule has 3 rings (SSSR count). The number of amides is 1. The number of ether oxygens (including phenoxy) is 2. The van der Waals surface area contributed by atoms with Gasteiger partial charge in [0, 0.05) is 26.4 Å². The molecule has 0 radical (unpaired) electrons. The Kier molecular flexibility index (Phi) is 5.80. The summed E-state index contributed by atoms with van der Waals surface area (Å²) in [6.45, 7) is 3.86. The van der Waals surface area contributed by atoms with E-state index in [-0.39, 0.29) is 5.91 Å². The number of para-hydroxylation sites is 2. The fourth-order valence-electron chi connectivity index (χ4n) is 2.75. The van der Waals surface area contributed by atoms with Crippen molar-refractivity contribution >= 4 is 16.9 Å². The van der Waals surface area contributed by atoms with Crippen molar-refractivity contribution in [3.8, 4) is 5.88 Å². The Morgan fingerprint density at radius 2 is 2.04 bits per heavy atom. The molecule has 7 heteroatoms. The molecule has 26 heavy (non-hydrogen) atoms. The van der Waals surface area contributed by atoms with E-state index in [1.54, 1.807) is 25.4 Å². The van der Waals surface area contributed by atoms with Crippen molar-refractivity contribution in [2.45, 2.75) is 13.5 Å². The molecule has 0 saturated heterocycles. The summed E-state index contributed by atoms with van der Waals surface area (Å²) in [5.74, 6) is 1.02. The van der Waals surface area contributed by atoms with Crippen LogP contribution >= 0.6 is 0 Å². The van der Waals surface area contributed by atoms with E-state index in [0.29, 0.717) is 37.7 Å². The van der Waals surface area contributed by atoms with Crippen LogP contribution in [0.5, 0.6) is 5.88 Å². The zero-order valence-electron chi connectivity index (χ0n) is 14.9. The van der Waals surface area contributed by atoms with Crippen molar-refractivity contribution in [2.24, 2.45) is 0 Å². The normalized spacial score (nSPS) is 10.8. The number of aromatic nitrogens is 3. The van der Waals surface area contributed by atoms with Gasteiger partial charge in [0.25, 0.3) is 5.91 Å². The first-order valence-corrected chi connectivity index (χ1v) is 8.47. The minimum atomic E-state index is -0.215. The van der Waals surface area contributed by atoms with E-state index in [1.807, 2.05) is 31.2 Å². The van der Waals surface area contributed by atoms with Gasteiger partial charge in [0.1, 0.15) is 18.0 Å². The highest BCUT2D eigenvalue weighted by Gasteiger charge is 2.13. The molecule has 1 aromatic carbocycles. The molecular formula is C19H22N4O3. The van der Waals surface area contributed by atoms with Gasteiger partial charge in [0.15, 0.2) is 0 Å². The second-order valence-electron chi connectivity index (χ2n) is 5.75. The van der Waals surface area contributed by atoms with Gasteiger partial charge in [0.2, 0.25) is 5.88 Å². The summed E-state index contributed by atoms with van der Waals surface area (Å²) in [6, 6.07) is 11.4. The third-order valence-electron chi connectivity index (χ3n) is 4.01. The number of benzene rings is 1. The van der Waals surface area contributed by atoms with Crippen molar-refractivity contribution in [1.29, 1.82) is 0 Å². The van der Waals surface area contributed by atoms with Crippen LogP contribution in [-0.2, 0) is 11.3 Å². The van der Waals surface area contributed by atoms with Crippen LogP contribution in [0.1, 0.15) is 16.2 Å². The fraction of sp³-hybridized carbons (Fsp3) is 0.316. The number of hydrogen-bond acceptors (Lipinski definition) is 5. The van der Waals surface area contributed by atoms with Crippen molar-refractivity contribution in [3.05, 3.63) is 54.0 Å². The highest BCUT2D eigenvalue weighted by Crippen LogP contribution is 2.16. The maximum atomic E-state index is 12.5. The van der Waals surface area contributed by atoms with Gasteiger partial charge in [-0.05, 0) is 31.2 Å². The summed E-state index contributed by atoms with van der Waals surface area (Å²) in [7, 11) is 1.59. The largest absolute Gasteiger partial charge is 0.475 e. The molecule has 0 aliphatic carbocycles. The van der Waals surface area contributed by atoms with Crippen LogP contribution in [0.3, 0.4) is 0 Å². The molecule has 0 bridgehead atoms. The molecule has 2 heterocycles. The average Bonchev–Trinajstić information content (AvgIpc) is 2.98. The molecule has 7 nitrogen and oxygen atoms in total. The lowest BCUT2D eigenvalue weighted by Gasteiger charge is -2.11. The molecule has 0 fully saturated rings. The van der Waals surface area contributed by atoms with Gasteiger partial charge in [-0.15, -0.1) is 0 Å². The van der Waals surface area contributed by atoms with Gasteiger partial charge in [-0.3, -0.25) is 4.79 Å². The molecule has 0 aliphatic heterocycles. The number of nitrogens with one attached hydrogen (secondary N) is 1. The number of methoxy groups -OCH3 is 1. The van der Waals surface area contributed by atoms with E-state index >= 15 is 0 Å². The van der Waals surface area contributed by atoms with Crippen LogP contribution in [0, 0.1) is 6.92 Å². The molecule has 2 aromatic heterocycles. The Morgan fingerprint density at radius 3 is 2.88 bits per heavy atom. The SMILES string of the molecule is COCCOc1ncccc1C(=O)NCCn1c(C)nc2ccccc21. The quantitative estimate of drug-likeness (QED) is 0.628. The standard InChI is InChI=1S/C19H22N4O3/c1-14-22-16-7-3-4-8-17(16)23(14)11-10-20-18(24)15-6-5-9-21-19(15)26-13-12-25-2/h3-9H,10-13H2,1-2H3,(H,20,24). The van der Waals surface area contributed by atoms with Crippen molar-refractivity contribution in [1.82, 2.24) is 19.9 Å². The molecule has 3 aromatic rings. The molecule has 0 aliphatic rings. The number of carbonyl (C=O) groups is 1. The number of aryl methyl sites for hydroxylation is 1. The van der Waals surface area contributed by atoms with Gasteiger partial charge in [-0.25, -0.2) is 9.97 Å². The Bertz CT molecular complexity index is 891. The number of imidazole rings is 1. The van der Waals surface area contributed by atoms with E-state index in [9.17, 15) is 4.79 Å². The number of carbonyl (C=O) groups excluding carboxylic acids is 1. The van der Waals surface area contributed by atoms with Crippen molar-refractivity contribution in [2.75, 3.05) is 26.9 Å². The van der Waals surface area contributed by atoms with E-state index in [0.717, 1.165) is 16.9 Å². The van der Waals surface area contributed by atoms with Crippen LogP contribution in [0.25, 0.3) is 11.0 Å². The lowest BCUT2D eigenvalue weighted by molar-refractivity contribution is 0.0943. The molecule has 0 atom stereocenters. The summed E-state index contributed by atoms with van der Waals surface area (Å²) in [4.78, 5) is 21.2. The third-order valence-corrected chi connectivity index (χ3v) is 4.01. The van der Waals surface area contributed by atoms with Crippen LogP contribution in [0.15, 0.2) is 42.6 Å². The predicted molar refractivity (Wildman–Crippen MR) is 98.4 cm³/mol. The van der Waals surface area contributed by atoms with E-state index in [4.69, 9.17) is 9.47 Å². The second-order valence-corrected chi connectivity index (χ2v) is 5.75. The van der Waals surface area contributed by atoms with Gasteiger partial charge in [0.05, 0.1) is 17.6 Å². The zero-order valence-corrected chi connectivity index (χ0v) is 14.9. The lowest BCUT2D eigenvalue weighted by atomic mass is 10.2. The first-order valence-electron chi connectivity index (χ1n) is 8.47. The molecule has 0 saturated carbocycles. The average molecular weight is 354 g/mol. The van der Waals surface area contributed by atoms with Gasteiger partial charge >= 0.3 is 0 Å².